The summed E-state index contributed by atoms with van der Waals surface area (Å²) in [5.74, 6) is -0.638. The monoisotopic (exact) mass is 256 g/mol. The van der Waals surface area contributed by atoms with E-state index in [1.807, 2.05) is 19.1 Å². The van der Waals surface area contributed by atoms with Gasteiger partial charge >= 0.3 is 0 Å². The highest BCUT2D eigenvalue weighted by Crippen LogP contribution is 2.03. The molecule has 4 heteroatoms. The molecule has 0 atom stereocenters. The van der Waals surface area contributed by atoms with Gasteiger partial charge in [-0.3, -0.25) is 4.79 Å². The van der Waals surface area contributed by atoms with Gasteiger partial charge in [0.15, 0.2) is 0 Å². The van der Waals surface area contributed by atoms with Crippen LogP contribution in [-0.2, 0) is 0 Å². The summed E-state index contributed by atoms with van der Waals surface area (Å²) in [6.07, 6.45) is 1.40. The van der Waals surface area contributed by atoms with Gasteiger partial charge in [0.2, 0.25) is 0 Å². The molecule has 0 fully saturated rings. The Morgan fingerprint density at radius 1 is 1.21 bits per heavy atom. The molecule has 0 saturated heterocycles. The van der Waals surface area contributed by atoms with Gasteiger partial charge in [-0.05, 0) is 36.8 Å². The van der Waals surface area contributed by atoms with Crippen molar-refractivity contribution in [3.8, 4) is 0 Å². The van der Waals surface area contributed by atoms with Crippen LogP contribution in [-0.4, -0.2) is 12.1 Å². The molecule has 96 valence electrons. The van der Waals surface area contributed by atoms with Gasteiger partial charge in [-0.25, -0.2) is 9.82 Å². The van der Waals surface area contributed by atoms with E-state index in [-0.39, 0.29) is 11.7 Å². The summed E-state index contributed by atoms with van der Waals surface area (Å²) in [6, 6.07) is 13.1. The topological polar surface area (TPSA) is 41.5 Å². The molecule has 0 aliphatic heterocycles. The fraction of sp³-hybridized carbons (Fsp3) is 0.0667. The summed E-state index contributed by atoms with van der Waals surface area (Å²) in [7, 11) is 0. The Labute approximate surface area is 110 Å². The van der Waals surface area contributed by atoms with Crippen LogP contribution >= 0.6 is 0 Å². The van der Waals surface area contributed by atoms with Crippen molar-refractivity contribution < 1.29 is 9.18 Å². The number of rotatable bonds is 3. The first-order chi connectivity index (χ1) is 9.15. The molecular weight excluding hydrogens is 243 g/mol. The molecule has 1 amide bonds. The first-order valence-corrected chi connectivity index (χ1v) is 5.81. The van der Waals surface area contributed by atoms with Crippen LogP contribution in [0.25, 0.3) is 0 Å². The van der Waals surface area contributed by atoms with Gasteiger partial charge in [-0.15, -0.1) is 0 Å². The number of hydrogen-bond donors (Lipinski definition) is 1. The largest absolute Gasteiger partial charge is 0.271 e. The van der Waals surface area contributed by atoms with E-state index in [1.54, 1.807) is 24.3 Å². The van der Waals surface area contributed by atoms with E-state index in [4.69, 9.17) is 0 Å². The molecule has 2 rings (SSSR count). The van der Waals surface area contributed by atoms with Crippen molar-refractivity contribution in [3.63, 3.8) is 0 Å². The van der Waals surface area contributed by atoms with Crippen molar-refractivity contribution >= 4 is 12.1 Å². The van der Waals surface area contributed by atoms with E-state index in [0.29, 0.717) is 11.1 Å². The Kier molecular flexibility index (Phi) is 4.03. The lowest BCUT2D eigenvalue weighted by Crippen LogP contribution is -2.17. The van der Waals surface area contributed by atoms with E-state index in [0.717, 1.165) is 5.56 Å². The van der Waals surface area contributed by atoms with Crippen LogP contribution < -0.4 is 5.43 Å². The molecule has 0 aromatic heterocycles. The Hall–Kier alpha value is -2.49. The van der Waals surface area contributed by atoms with Crippen LogP contribution in [0.15, 0.2) is 53.6 Å². The third kappa shape index (κ3) is 3.74. The fourth-order valence-electron chi connectivity index (χ4n) is 1.52. The molecule has 0 saturated carbocycles. The van der Waals surface area contributed by atoms with Gasteiger partial charge in [0, 0.05) is 5.56 Å². The van der Waals surface area contributed by atoms with E-state index in [2.05, 4.69) is 10.5 Å². The molecule has 0 heterocycles. The minimum Gasteiger partial charge on any atom is -0.267 e. The van der Waals surface area contributed by atoms with E-state index >= 15 is 0 Å². The lowest BCUT2D eigenvalue weighted by atomic mass is 10.1. The van der Waals surface area contributed by atoms with Crippen molar-refractivity contribution in [2.75, 3.05) is 0 Å². The number of carbonyl (C=O) groups excluding carboxylic acids is 1. The number of halogens is 1. The molecule has 19 heavy (non-hydrogen) atoms. The van der Waals surface area contributed by atoms with Crippen molar-refractivity contribution in [2.45, 2.75) is 6.92 Å². The van der Waals surface area contributed by atoms with Crippen LogP contribution in [0.3, 0.4) is 0 Å². The fourth-order valence-corrected chi connectivity index (χ4v) is 1.52. The molecule has 2 aromatic carbocycles. The number of aryl methyl sites for hydroxylation is 1. The zero-order chi connectivity index (χ0) is 13.7. The highest BCUT2D eigenvalue weighted by molar-refractivity contribution is 5.94. The highest BCUT2D eigenvalue weighted by atomic mass is 19.1. The predicted molar refractivity (Wildman–Crippen MR) is 72.6 cm³/mol. The zero-order valence-electron chi connectivity index (χ0n) is 10.4. The molecule has 1 N–H and O–H groups in total. The molecule has 0 aliphatic carbocycles. The van der Waals surface area contributed by atoms with E-state index < -0.39 is 0 Å². The minimum absolute atomic E-state index is 0.298. The third-order valence-electron chi connectivity index (χ3n) is 2.54. The molecule has 0 aliphatic rings. The quantitative estimate of drug-likeness (QED) is 0.665. The summed E-state index contributed by atoms with van der Waals surface area (Å²) >= 11 is 0. The maximum atomic E-state index is 12.9. The standard InChI is InChI=1S/C15H13FN2O/c1-11-5-7-13(8-6-11)15(19)18-17-10-12-3-2-4-14(16)9-12/h2-10H,1H3,(H,18,19)/b17-10+. The second-order valence-corrected chi connectivity index (χ2v) is 4.12. The molecule has 3 nitrogen and oxygen atoms in total. The molecule has 0 unspecified atom stereocenters. The van der Waals surface area contributed by atoms with E-state index in [9.17, 15) is 9.18 Å². The van der Waals surface area contributed by atoms with Crippen LogP contribution in [0.4, 0.5) is 4.39 Å². The second kappa shape index (κ2) is 5.91. The molecular formula is C15H13FN2O. The van der Waals surface area contributed by atoms with Crippen molar-refractivity contribution in [1.82, 2.24) is 5.43 Å². The summed E-state index contributed by atoms with van der Waals surface area (Å²) in [5, 5.41) is 3.79. The minimum atomic E-state index is -0.339. The summed E-state index contributed by atoms with van der Waals surface area (Å²) in [6.45, 7) is 1.95. The number of hydrazone groups is 1. The van der Waals surface area contributed by atoms with Gasteiger partial charge in [0.1, 0.15) is 5.82 Å². The predicted octanol–water partition coefficient (Wildman–Crippen LogP) is 2.90. The van der Waals surface area contributed by atoms with Crippen molar-refractivity contribution in [1.29, 1.82) is 0 Å². The lowest BCUT2D eigenvalue weighted by Gasteiger charge is -2.00. The van der Waals surface area contributed by atoms with Gasteiger partial charge < -0.3 is 0 Å². The zero-order valence-corrected chi connectivity index (χ0v) is 10.4. The van der Waals surface area contributed by atoms with Gasteiger partial charge in [-0.2, -0.15) is 5.10 Å². The lowest BCUT2D eigenvalue weighted by molar-refractivity contribution is 0.0955. The highest BCUT2D eigenvalue weighted by Gasteiger charge is 2.02. The van der Waals surface area contributed by atoms with Crippen LogP contribution in [0.5, 0.6) is 0 Å². The first-order valence-electron chi connectivity index (χ1n) is 5.81. The smallest absolute Gasteiger partial charge is 0.267 e. The van der Waals surface area contributed by atoms with Gasteiger partial charge in [-0.1, -0.05) is 29.8 Å². The normalized spacial score (nSPS) is 10.6. The van der Waals surface area contributed by atoms with Crippen LogP contribution in [0.1, 0.15) is 21.5 Å². The average Bonchev–Trinajstić information content (AvgIpc) is 2.39. The summed E-state index contributed by atoms with van der Waals surface area (Å²) < 4.78 is 12.9. The average molecular weight is 256 g/mol. The summed E-state index contributed by atoms with van der Waals surface area (Å²) in [4.78, 5) is 11.7. The van der Waals surface area contributed by atoms with Crippen LogP contribution in [0, 0.1) is 12.7 Å². The number of nitrogens with zero attached hydrogens (tertiary/aromatic N) is 1. The maximum Gasteiger partial charge on any atom is 0.271 e. The SMILES string of the molecule is Cc1ccc(C(=O)N/N=C/c2cccc(F)c2)cc1. The number of benzene rings is 2. The van der Waals surface area contributed by atoms with Gasteiger partial charge in [0.05, 0.1) is 6.21 Å². The van der Waals surface area contributed by atoms with Gasteiger partial charge in [0.25, 0.3) is 5.91 Å². The van der Waals surface area contributed by atoms with Crippen molar-refractivity contribution in [2.24, 2.45) is 5.10 Å². The van der Waals surface area contributed by atoms with Crippen LogP contribution in [0.2, 0.25) is 0 Å². The first kappa shape index (κ1) is 13.0. The number of nitrogens with one attached hydrogen (secondary N) is 1. The Bertz CT molecular complexity index is 606. The molecule has 2 aromatic rings. The Balaban J connectivity index is 1.98. The molecule has 0 radical (unpaired) electrons. The molecule has 0 spiro atoms. The number of hydrogen-bond acceptors (Lipinski definition) is 2. The molecule has 0 bridgehead atoms. The Morgan fingerprint density at radius 3 is 2.63 bits per heavy atom. The van der Waals surface area contributed by atoms with Crippen molar-refractivity contribution in [3.05, 3.63) is 71.0 Å². The maximum absolute atomic E-state index is 12.9. The summed E-state index contributed by atoms with van der Waals surface area (Å²) in [5.41, 5.74) is 4.59. The number of amides is 1. The second-order valence-electron chi connectivity index (χ2n) is 4.12. The Morgan fingerprint density at radius 2 is 1.95 bits per heavy atom. The third-order valence-corrected chi connectivity index (χ3v) is 2.54. The number of carbonyl (C=O) groups is 1. The van der Waals surface area contributed by atoms with E-state index in [1.165, 1.54) is 18.3 Å².